The van der Waals surface area contributed by atoms with E-state index in [1.165, 1.54) is 38.5 Å². The molecular formula is C26H30N2O6. The summed E-state index contributed by atoms with van der Waals surface area (Å²) in [6.07, 6.45) is 7.76. The molecule has 2 aromatic carbocycles. The van der Waals surface area contributed by atoms with Gasteiger partial charge in [-0.3, -0.25) is 9.59 Å². The molecular weight excluding hydrogens is 436 g/mol. The van der Waals surface area contributed by atoms with Crippen molar-refractivity contribution >= 4 is 34.5 Å². The van der Waals surface area contributed by atoms with Crippen LogP contribution in [0, 0.1) is 0 Å². The molecule has 2 N–H and O–H groups in total. The molecule has 2 fully saturated rings. The number of rotatable bonds is 6. The summed E-state index contributed by atoms with van der Waals surface area (Å²) in [6.45, 7) is 0. The highest BCUT2D eigenvalue weighted by atomic mass is 16.5. The van der Waals surface area contributed by atoms with Crippen molar-refractivity contribution in [1.29, 1.82) is 0 Å². The molecule has 0 heterocycles. The first-order chi connectivity index (χ1) is 16.4. The third-order valence-corrected chi connectivity index (χ3v) is 6.84. The van der Waals surface area contributed by atoms with Crippen LogP contribution in [0.15, 0.2) is 24.3 Å². The molecule has 4 rings (SSSR count). The topological polar surface area (TPSA) is 111 Å². The first-order valence-corrected chi connectivity index (χ1v) is 11.8. The third kappa shape index (κ3) is 4.62. The van der Waals surface area contributed by atoms with Gasteiger partial charge >= 0.3 is 11.9 Å². The first-order valence-electron chi connectivity index (χ1n) is 11.8. The van der Waals surface area contributed by atoms with E-state index in [-0.39, 0.29) is 56.9 Å². The van der Waals surface area contributed by atoms with Crippen molar-refractivity contribution in [2.75, 3.05) is 14.2 Å². The smallest absolute Gasteiger partial charge is 0.338 e. The predicted octanol–water partition coefficient (Wildman–Crippen LogP) is 3.76. The van der Waals surface area contributed by atoms with Crippen LogP contribution in [-0.2, 0) is 9.47 Å². The zero-order valence-electron chi connectivity index (χ0n) is 19.6. The van der Waals surface area contributed by atoms with Crippen LogP contribution in [0.2, 0.25) is 0 Å². The Kier molecular flexibility index (Phi) is 7.14. The molecule has 0 saturated heterocycles. The summed E-state index contributed by atoms with van der Waals surface area (Å²) >= 11 is 0. The van der Waals surface area contributed by atoms with E-state index in [2.05, 4.69) is 10.6 Å². The average Bonchev–Trinajstić information content (AvgIpc) is 3.56. The molecule has 8 heteroatoms. The normalized spacial score (nSPS) is 16.4. The number of nitrogens with one attached hydrogen (secondary N) is 2. The second-order valence-electron chi connectivity index (χ2n) is 8.96. The standard InChI is InChI=1S/C26H30N2O6/c1-33-25(31)19-13-11-18(24(30)28-16-9-5-6-10-16)22-20(26(32)34-2)14-12-17(21(19)22)23(29)27-15-7-3-4-8-15/h11-16H,3-10H2,1-2H3,(H,27,29)(H,28,30). The van der Waals surface area contributed by atoms with Crippen LogP contribution >= 0.6 is 0 Å². The van der Waals surface area contributed by atoms with E-state index in [0.29, 0.717) is 0 Å². The summed E-state index contributed by atoms with van der Waals surface area (Å²) in [6, 6.07) is 6.07. The Labute approximate surface area is 198 Å². The number of amides is 2. The SMILES string of the molecule is COC(=O)c1ccc(C(=O)NC2CCCC2)c2c(C(=O)OC)ccc(C(=O)NC3CCCC3)c12. The van der Waals surface area contributed by atoms with Gasteiger partial charge < -0.3 is 20.1 Å². The molecule has 0 aliphatic heterocycles. The van der Waals surface area contributed by atoms with Crippen LogP contribution < -0.4 is 10.6 Å². The van der Waals surface area contributed by atoms with Crippen molar-refractivity contribution in [2.45, 2.75) is 63.5 Å². The van der Waals surface area contributed by atoms with Gasteiger partial charge in [0, 0.05) is 34.0 Å². The van der Waals surface area contributed by atoms with Crippen LogP contribution in [-0.4, -0.2) is 50.1 Å². The summed E-state index contributed by atoms with van der Waals surface area (Å²) < 4.78 is 9.92. The number of benzene rings is 2. The molecule has 0 atom stereocenters. The lowest BCUT2D eigenvalue weighted by atomic mass is 9.90. The summed E-state index contributed by atoms with van der Waals surface area (Å²) in [7, 11) is 2.49. The number of methoxy groups -OCH3 is 2. The van der Waals surface area contributed by atoms with Crippen molar-refractivity contribution in [3.63, 3.8) is 0 Å². The van der Waals surface area contributed by atoms with Gasteiger partial charge in [0.2, 0.25) is 0 Å². The molecule has 2 aromatic rings. The largest absolute Gasteiger partial charge is 0.465 e. The lowest BCUT2D eigenvalue weighted by Crippen LogP contribution is -2.34. The van der Waals surface area contributed by atoms with E-state index in [1.807, 2.05) is 0 Å². The number of hydrogen-bond acceptors (Lipinski definition) is 6. The third-order valence-electron chi connectivity index (χ3n) is 6.84. The highest BCUT2D eigenvalue weighted by molar-refractivity contribution is 6.23. The Balaban J connectivity index is 1.91. The number of esters is 2. The van der Waals surface area contributed by atoms with Gasteiger partial charge in [-0.25, -0.2) is 9.59 Å². The minimum absolute atomic E-state index is 0.0539. The van der Waals surface area contributed by atoms with Crippen molar-refractivity contribution < 1.29 is 28.7 Å². The Hall–Kier alpha value is -3.42. The monoisotopic (exact) mass is 466 g/mol. The molecule has 8 nitrogen and oxygen atoms in total. The number of carbonyl (C=O) groups is 4. The van der Waals surface area contributed by atoms with E-state index < -0.39 is 11.9 Å². The van der Waals surface area contributed by atoms with E-state index in [1.54, 1.807) is 0 Å². The molecule has 0 radical (unpaired) electrons. The van der Waals surface area contributed by atoms with Crippen LogP contribution in [0.3, 0.4) is 0 Å². The Bertz CT molecular complexity index is 1040. The fourth-order valence-corrected chi connectivity index (χ4v) is 5.10. The maximum atomic E-state index is 13.3. The van der Waals surface area contributed by atoms with Gasteiger partial charge in [0.1, 0.15) is 0 Å². The van der Waals surface area contributed by atoms with E-state index in [9.17, 15) is 19.2 Å². The Morgan fingerprint density at radius 2 is 0.941 bits per heavy atom. The molecule has 2 aliphatic rings. The van der Waals surface area contributed by atoms with Crippen molar-refractivity contribution in [1.82, 2.24) is 10.6 Å². The molecule has 0 unspecified atom stereocenters. The quantitative estimate of drug-likeness (QED) is 0.627. The molecule has 2 saturated carbocycles. The van der Waals surface area contributed by atoms with Gasteiger partial charge in [-0.05, 0) is 49.9 Å². The summed E-state index contributed by atoms with van der Waals surface area (Å²) in [5.74, 6) is -2.03. The highest BCUT2D eigenvalue weighted by Crippen LogP contribution is 2.32. The average molecular weight is 467 g/mol. The summed E-state index contributed by atoms with van der Waals surface area (Å²) in [4.78, 5) is 52.0. The fourth-order valence-electron chi connectivity index (χ4n) is 5.10. The molecule has 2 aliphatic carbocycles. The van der Waals surface area contributed by atoms with Crippen LogP contribution in [0.4, 0.5) is 0 Å². The van der Waals surface area contributed by atoms with E-state index in [0.717, 1.165) is 51.4 Å². The fraction of sp³-hybridized carbons (Fsp3) is 0.462. The van der Waals surface area contributed by atoms with Crippen molar-refractivity contribution in [2.24, 2.45) is 0 Å². The van der Waals surface area contributed by atoms with Gasteiger partial charge in [-0.15, -0.1) is 0 Å². The van der Waals surface area contributed by atoms with Crippen molar-refractivity contribution in [3.8, 4) is 0 Å². The first kappa shape index (κ1) is 23.7. The van der Waals surface area contributed by atoms with Crippen LogP contribution in [0.25, 0.3) is 10.8 Å². The zero-order chi connectivity index (χ0) is 24.2. The second-order valence-corrected chi connectivity index (χ2v) is 8.96. The lowest BCUT2D eigenvalue weighted by Gasteiger charge is -2.19. The van der Waals surface area contributed by atoms with Gasteiger partial charge in [-0.2, -0.15) is 0 Å². The maximum absolute atomic E-state index is 13.3. The molecule has 0 spiro atoms. The van der Waals surface area contributed by atoms with Crippen LogP contribution in [0.1, 0.15) is 92.8 Å². The summed E-state index contributed by atoms with van der Waals surface area (Å²) in [5.41, 5.74) is 0.644. The Morgan fingerprint density at radius 1 is 0.618 bits per heavy atom. The van der Waals surface area contributed by atoms with Gasteiger partial charge in [0.05, 0.1) is 25.3 Å². The molecule has 180 valence electrons. The highest BCUT2D eigenvalue weighted by Gasteiger charge is 2.28. The Morgan fingerprint density at radius 3 is 1.26 bits per heavy atom. The van der Waals surface area contributed by atoms with Gasteiger partial charge in [0.25, 0.3) is 11.8 Å². The number of hydrogen-bond donors (Lipinski definition) is 2. The second kappa shape index (κ2) is 10.2. The van der Waals surface area contributed by atoms with Gasteiger partial charge in [0.15, 0.2) is 0 Å². The minimum atomic E-state index is -0.662. The van der Waals surface area contributed by atoms with E-state index in [4.69, 9.17) is 9.47 Å². The number of fused-ring (bicyclic) bond motifs is 1. The minimum Gasteiger partial charge on any atom is -0.465 e. The van der Waals surface area contributed by atoms with E-state index >= 15 is 0 Å². The van der Waals surface area contributed by atoms with Crippen molar-refractivity contribution in [3.05, 3.63) is 46.5 Å². The molecule has 0 bridgehead atoms. The predicted molar refractivity (Wildman–Crippen MR) is 126 cm³/mol. The zero-order valence-corrected chi connectivity index (χ0v) is 19.6. The number of ether oxygens (including phenoxy) is 2. The molecule has 2 amide bonds. The van der Waals surface area contributed by atoms with Gasteiger partial charge in [-0.1, -0.05) is 25.7 Å². The molecule has 0 aromatic heterocycles. The summed E-state index contributed by atoms with van der Waals surface area (Å²) in [5, 5.41) is 6.49. The number of carbonyl (C=O) groups excluding carboxylic acids is 4. The van der Waals surface area contributed by atoms with Crippen LogP contribution in [0.5, 0.6) is 0 Å². The lowest BCUT2D eigenvalue weighted by molar-refractivity contribution is 0.0592. The maximum Gasteiger partial charge on any atom is 0.338 e. The molecule has 34 heavy (non-hydrogen) atoms.